The number of nitrogens with one attached hydrogen (secondary N) is 1. The van der Waals surface area contributed by atoms with Gasteiger partial charge in [-0.1, -0.05) is 15.9 Å². The quantitative estimate of drug-likeness (QED) is 0.753. The Bertz CT molecular complexity index is 157. The molecule has 3 nitrogen and oxygen atoms in total. The second-order valence-corrected chi connectivity index (χ2v) is 4.83. The molecular weight excluding hydrogens is 244 g/mol. The molecule has 1 N–H and O–H groups in total. The highest BCUT2D eigenvalue weighted by Gasteiger charge is 2.17. The highest BCUT2D eigenvalue weighted by Crippen LogP contribution is 2.02. The van der Waals surface area contributed by atoms with Crippen molar-refractivity contribution in [2.75, 3.05) is 38.6 Å². The highest BCUT2D eigenvalue weighted by atomic mass is 79.9. The van der Waals surface area contributed by atoms with Crippen LogP contribution in [0.3, 0.4) is 0 Å². The van der Waals surface area contributed by atoms with E-state index in [4.69, 9.17) is 4.74 Å². The van der Waals surface area contributed by atoms with E-state index in [2.05, 4.69) is 40.1 Å². The lowest BCUT2D eigenvalue weighted by atomic mass is 10.2. The third-order valence-corrected chi connectivity index (χ3v) is 3.04. The van der Waals surface area contributed by atoms with Crippen molar-refractivity contribution in [2.45, 2.75) is 25.5 Å². The SMILES string of the molecule is CC(CCBr)NCC1CN(C)CCO1. The standard InChI is InChI=1S/C10H21BrN2O/c1-9(3-4-11)12-7-10-8-13(2)5-6-14-10/h9-10,12H,3-8H2,1-2H3. The van der Waals surface area contributed by atoms with Crippen LogP contribution in [-0.4, -0.2) is 55.7 Å². The molecule has 0 aliphatic carbocycles. The normalized spacial score (nSPS) is 26.4. The van der Waals surface area contributed by atoms with Gasteiger partial charge in [-0.05, 0) is 20.4 Å². The second kappa shape index (κ2) is 6.77. The van der Waals surface area contributed by atoms with Gasteiger partial charge in [-0.25, -0.2) is 0 Å². The summed E-state index contributed by atoms with van der Waals surface area (Å²) in [6.45, 7) is 6.17. The van der Waals surface area contributed by atoms with Gasteiger partial charge in [0, 0.05) is 31.0 Å². The van der Waals surface area contributed by atoms with Gasteiger partial charge in [-0.15, -0.1) is 0 Å². The molecule has 4 heteroatoms. The molecule has 2 atom stereocenters. The Morgan fingerprint density at radius 3 is 3.07 bits per heavy atom. The van der Waals surface area contributed by atoms with Gasteiger partial charge in [0.15, 0.2) is 0 Å². The molecular formula is C10H21BrN2O. The molecule has 14 heavy (non-hydrogen) atoms. The van der Waals surface area contributed by atoms with Crippen molar-refractivity contribution < 1.29 is 4.74 Å². The van der Waals surface area contributed by atoms with Crippen LogP contribution >= 0.6 is 15.9 Å². The van der Waals surface area contributed by atoms with Gasteiger partial charge in [0.05, 0.1) is 12.7 Å². The van der Waals surface area contributed by atoms with Gasteiger partial charge in [-0.2, -0.15) is 0 Å². The van der Waals surface area contributed by atoms with Crippen LogP contribution in [0.25, 0.3) is 0 Å². The number of ether oxygens (including phenoxy) is 1. The number of nitrogens with zero attached hydrogens (tertiary/aromatic N) is 1. The summed E-state index contributed by atoms with van der Waals surface area (Å²) in [6, 6.07) is 0.574. The van der Waals surface area contributed by atoms with Gasteiger partial charge in [0.25, 0.3) is 0 Å². The van der Waals surface area contributed by atoms with Crippen molar-refractivity contribution in [3.8, 4) is 0 Å². The molecule has 0 bridgehead atoms. The Morgan fingerprint density at radius 1 is 1.64 bits per heavy atom. The van der Waals surface area contributed by atoms with E-state index in [0.717, 1.165) is 31.6 Å². The second-order valence-electron chi connectivity index (χ2n) is 4.04. The molecule has 0 aromatic heterocycles. The van der Waals surface area contributed by atoms with E-state index in [9.17, 15) is 0 Å². The number of morpholine rings is 1. The summed E-state index contributed by atoms with van der Waals surface area (Å²) in [4.78, 5) is 2.32. The van der Waals surface area contributed by atoms with Crippen LogP contribution in [0.4, 0.5) is 0 Å². The monoisotopic (exact) mass is 264 g/mol. The van der Waals surface area contributed by atoms with E-state index in [1.165, 1.54) is 6.42 Å². The smallest absolute Gasteiger partial charge is 0.0826 e. The Balaban J connectivity index is 2.10. The molecule has 0 saturated carbocycles. The maximum atomic E-state index is 5.66. The van der Waals surface area contributed by atoms with E-state index in [-0.39, 0.29) is 0 Å². The first kappa shape index (κ1) is 12.4. The molecule has 1 rings (SSSR count). The molecule has 1 aliphatic heterocycles. The molecule has 0 spiro atoms. The van der Waals surface area contributed by atoms with E-state index in [1.54, 1.807) is 0 Å². The van der Waals surface area contributed by atoms with Crippen LogP contribution in [-0.2, 0) is 4.74 Å². The molecule has 2 unspecified atom stereocenters. The maximum absolute atomic E-state index is 5.66. The van der Waals surface area contributed by atoms with Crippen molar-refractivity contribution in [1.29, 1.82) is 0 Å². The van der Waals surface area contributed by atoms with Crippen molar-refractivity contribution >= 4 is 15.9 Å². The zero-order valence-corrected chi connectivity index (χ0v) is 10.7. The Labute approximate surface area is 95.3 Å². The largest absolute Gasteiger partial charge is 0.374 e. The van der Waals surface area contributed by atoms with E-state index < -0.39 is 0 Å². The predicted molar refractivity (Wildman–Crippen MR) is 63.1 cm³/mol. The summed E-state index contributed by atoms with van der Waals surface area (Å²) in [7, 11) is 2.15. The summed E-state index contributed by atoms with van der Waals surface area (Å²) >= 11 is 3.45. The number of halogens is 1. The van der Waals surface area contributed by atoms with Crippen molar-refractivity contribution in [3.05, 3.63) is 0 Å². The van der Waals surface area contributed by atoms with Crippen LogP contribution in [0, 0.1) is 0 Å². The fourth-order valence-corrected chi connectivity index (χ4v) is 2.28. The number of hydrogen-bond acceptors (Lipinski definition) is 3. The highest BCUT2D eigenvalue weighted by molar-refractivity contribution is 9.09. The van der Waals surface area contributed by atoms with Gasteiger partial charge in [0.2, 0.25) is 0 Å². The lowest BCUT2D eigenvalue weighted by Crippen LogP contribution is -2.46. The first-order chi connectivity index (χ1) is 6.72. The van der Waals surface area contributed by atoms with Crippen molar-refractivity contribution in [1.82, 2.24) is 10.2 Å². The van der Waals surface area contributed by atoms with Crippen LogP contribution in [0.1, 0.15) is 13.3 Å². The molecule has 1 saturated heterocycles. The number of rotatable bonds is 5. The maximum Gasteiger partial charge on any atom is 0.0826 e. The average Bonchev–Trinajstić information content (AvgIpc) is 2.15. The average molecular weight is 265 g/mol. The van der Waals surface area contributed by atoms with E-state index in [1.807, 2.05) is 0 Å². The summed E-state index contributed by atoms with van der Waals surface area (Å²) in [5, 5.41) is 4.55. The summed E-state index contributed by atoms with van der Waals surface area (Å²) < 4.78 is 5.66. The van der Waals surface area contributed by atoms with Crippen LogP contribution < -0.4 is 5.32 Å². The minimum absolute atomic E-state index is 0.367. The fourth-order valence-electron chi connectivity index (χ4n) is 1.59. The fraction of sp³-hybridized carbons (Fsp3) is 1.00. The zero-order valence-electron chi connectivity index (χ0n) is 9.13. The third kappa shape index (κ3) is 4.73. The summed E-state index contributed by atoms with van der Waals surface area (Å²) in [5.41, 5.74) is 0. The third-order valence-electron chi connectivity index (χ3n) is 2.58. The molecule has 0 radical (unpaired) electrons. The molecule has 0 amide bonds. The van der Waals surface area contributed by atoms with Crippen LogP contribution in [0.2, 0.25) is 0 Å². The lowest BCUT2D eigenvalue weighted by molar-refractivity contribution is -0.0190. The zero-order chi connectivity index (χ0) is 10.4. The Morgan fingerprint density at radius 2 is 2.43 bits per heavy atom. The molecule has 1 aliphatic rings. The van der Waals surface area contributed by atoms with Crippen LogP contribution in [0.15, 0.2) is 0 Å². The number of likely N-dealkylation sites (N-methyl/N-ethyl adjacent to an activating group) is 1. The Hall–Kier alpha value is 0.360. The molecule has 0 aromatic rings. The molecule has 1 heterocycles. The van der Waals surface area contributed by atoms with Gasteiger partial charge in [-0.3, -0.25) is 0 Å². The molecule has 1 fully saturated rings. The number of hydrogen-bond donors (Lipinski definition) is 1. The predicted octanol–water partition coefficient (Wildman–Crippen LogP) is 1.08. The van der Waals surface area contributed by atoms with Gasteiger partial charge < -0.3 is 15.0 Å². The minimum atomic E-state index is 0.367. The summed E-state index contributed by atoms with van der Waals surface area (Å²) in [5.74, 6) is 0. The number of alkyl halides is 1. The van der Waals surface area contributed by atoms with Crippen molar-refractivity contribution in [2.24, 2.45) is 0 Å². The topological polar surface area (TPSA) is 24.5 Å². The molecule has 84 valence electrons. The summed E-state index contributed by atoms with van der Waals surface area (Å²) in [6.07, 6.45) is 1.54. The first-order valence-corrected chi connectivity index (χ1v) is 6.44. The molecule has 0 aromatic carbocycles. The van der Waals surface area contributed by atoms with E-state index >= 15 is 0 Å². The van der Waals surface area contributed by atoms with Crippen LogP contribution in [0.5, 0.6) is 0 Å². The van der Waals surface area contributed by atoms with Gasteiger partial charge >= 0.3 is 0 Å². The lowest BCUT2D eigenvalue weighted by Gasteiger charge is -2.30. The minimum Gasteiger partial charge on any atom is -0.374 e. The first-order valence-electron chi connectivity index (χ1n) is 5.32. The van der Waals surface area contributed by atoms with Crippen molar-refractivity contribution in [3.63, 3.8) is 0 Å². The Kier molecular flexibility index (Phi) is 6.01. The van der Waals surface area contributed by atoms with Gasteiger partial charge in [0.1, 0.15) is 0 Å². The van der Waals surface area contributed by atoms with E-state index in [0.29, 0.717) is 12.1 Å².